The lowest BCUT2D eigenvalue weighted by Crippen LogP contribution is -2.31. The van der Waals surface area contributed by atoms with Gasteiger partial charge in [-0.25, -0.2) is 4.79 Å². The van der Waals surface area contributed by atoms with Crippen LogP contribution >= 0.6 is 15.9 Å². The molecule has 0 saturated heterocycles. The number of halogens is 1. The number of urea groups is 1. The summed E-state index contributed by atoms with van der Waals surface area (Å²) in [5, 5.41) is 14.1. The molecule has 1 atom stereocenters. The van der Waals surface area contributed by atoms with Crippen LogP contribution in [0.3, 0.4) is 0 Å². The molecule has 0 aliphatic heterocycles. The molecule has 0 aromatic heterocycles. The van der Waals surface area contributed by atoms with Gasteiger partial charge in [0.25, 0.3) is 0 Å². The Morgan fingerprint density at radius 1 is 1.26 bits per heavy atom. The van der Waals surface area contributed by atoms with E-state index in [1.165, 1.54) is 0 Å². The number of carbonyl (C=O) groups is 1. The van der Waals surface area contributed by atoms with E-state index in [0.717, 1.165) is 10.0 Å². The average Bonchev–Trinajstić information content (AvgIpc) is 2.54. The summed E-state index contributed by atoms with van der Waals surface area (Å²) in [6.45, 7) is 1.91. The Labute approximate surface area is 143 Å². The molecular formula is C17H16BrN3O2. The molecule has 2 N–H and O–H groups in total. The zero-order valence-electron chi connectivity index (χ0n) is 12.5. The second-order valence-electron chi connectivity index (χ2n) is 4.81. The number of rotatable bonds is 5. The molecule has 0 heterocycles. The van der Waals surface area contributed by atoms with Gasteiger partial charge < -0.3 is 15.4 Å². The zero-order valence-corrected chi connectivity index (χ0v) is 14.1. The van der Waals surface area contributed by atoms with Crippen LogP contribution in [-0.2, 0) is 0 Å². The van der Waals surface area contributed by atoms with Crippen molar-refractivity contribution >= 4 is 27.6 Å². The number of benzene rings is 2. The van der Waals surface area contributed by atoms with Gasteiger partial charge in [0.1, 0.15) is 11.8 Å². The van der Waals surface area contributed by atoms with E-state index in [0.29, 0.717) is 11.4 Å². The molecule has 0 spiro atoms. The van der Waals surface area contributed by atoms with Gasteiger partial charge in [0.15, 0.2) is 6.61 Å². The Balaban J connectivity index is 1.92. The normalized spacial score (nSPS) is 11.2. The minimum atomic E-state index is -0.293. The first-order chi connectivity index (χ1) is 11.1. The molecule has 2 amide bonds. The van der Waals surface area contributed by atoms with Gasteiger partial charge in [-0.15, -0.1) is 0 Å². The highest BCUT2D eigenvalue weighted by Gasteiger charge is 2.11. The number of ether oxygens (including phenoxy) is 1. The fourth-order valence-electron chi connectivity index (χ4n) is 2.02. The van der Waals surface area contributed by atoms with E-state index in [-0.39, 0.29) is 18.7 Å². The SMILES string of the molecule is CC(NC(=O)Nc1ccc(OCC#N)cc1)c1ccccc1Br. The average molecular weight is 374 g/mol. The molecule has 0 fully saturated rings. The smallest absolute Gasteiger partial charge is 0.319 e. The van der Waals surface area contributed by atoms with Crippen molar-refractivity contribution in [1.29, 1.82) is 5.26 Å². The van der Waals surface area contributed by atoms with Gasteiger partial charge in [-0.3, -0.25) is 0 Å². The Morgan fingerprint density at radius 2 is 1.96 bits per heavy atom. The van der Waals surface area contributed by atoms with E-state index in [2.05, 4.69) is 26.6 Å². The number of nitrogens with zero attached hydrogens (tertiary/aromatic N) is 1. The zero-order chi connectivity index (χ0) is 16.7. The fraction of sp³-hybridized carbons (Fsp3) is 0.176. The maximum absolute atomic E-state index is 12.1. The number of anilines is 1. The number of carbonyl (C=O) groups excluding carboxylic acids is 1. The number of amides is 2. The molecule has 2 aromatic carbocycles. The predicted octanol–water partition coefficient (Wildman–Crippen LogP) is 4.23. The largest absolute Gasteiger partial charge is 0.479 e. The summed E-state index contributed by atoms with van der Waals surface area (Å²) in [4.78, 5) is 12.1. The van der Waals surface area contributed by atoms with E-state index in [1.807, 2.05) is 37.3 Å². The van der Waals surface area contributed by atoms with Crippen LogP contribution in [0.1, 0.15) is 18.5 Å². The van der Waals surface area contributed by atoms with E-state index >= 15 is 0 Å². The van der Waals surface area contributed by atoms with Gasteiger partial charge in [0, 0.05) is 10.2 Å². The topological polar surface area (TPSA) is 74.2 Å². The third-order valence-electron chi connectivity index (χ3n) is 3.13. The quantitative estimate of drug-likeness (QED) is 0.822. The van der Waals surface area contributed by atoms with Gasteiger partial charge in [-0.05, 0) is 42.8 Å². The molecule has 6 heteroatoms. The Morgan fingerprint density at radius 3 is 2.61 bits per heavy atom. The highest BCUT2D eigenvalue weighted by Crippen LogP contribution is 2.23. The predicted molar refractivity (Wildman–Crippen MR) is 92.3 cm³/mol. The number of hydrogen-bond acceptors (Lipinski definition) is 3. The lowest BCUT2D eigenvalue weighted by atomic mass is 10.1. The molecule has 0 bridgehead atoms. The van der Waals surface area contributed by atoms with Gasteiger partial charge in [-0.1, -0.05) is 34.1 Å². The number of hydrogen-bond donors (Lipinski definition) is 2. The highest BCUT2D eigenvalue weighted by molar-refractivity contribution is 9.10. The monoisotopic (exact) mass is 373 g/mol. The second-order valence-corrected chi connectivity index (χ2v) is 5.67. The van der Waals surface area contributed by atoms with E-state index in [9.17, 15) is 4.79 Å². The molecule has 2 aromatic rings. The lowest BCUT2D eigenvalue weighted by molar-refractivity contribution is 0.249. The maximum atomic E-state index is 12.1. The van der Waals surface area contributed by atoms with Crippen LogP contribution in [0, 0.1) is 11.3 Å². The maximum Gasteiger partial charge on any atom is 0.319 e. The van der Waals surface area contributed by atoms with Gasteiger partial charge in [-0.2, -0.15) is 5.26 Å². The van der Waals surface area contributed by atoms with E-state index < -0.39 is 0 Å². The van der Waals surface area contributed by atoms with Crippen LogP contribution in [0.5, 0.6) is 5.75 Å². The fourth-order valence-corrected chi connectivity index (χ4v) is 2.65. The van der Waals surface area contributed by atoms with Crippen LogP contribution in [0.15, 0.2) is 53.0 Å². The molecule has 0 radical (unpaired) electrons. The third kappa shape index (κ3) is 5.01. The van der Waals surface area contributed by atoms with Crippen molar-refractivity contribution in [2.45, 2.75) is 13.0 Å². The van der Waals surface area contributed by atoms with Gasteiger partial charge in [0.2, 0.25) is 0 Å². The minimum absolute atomic E-state index is 0.00324. The van der Waals surface area contributed by atoms with Crippen LogP contribution in [-0.4, -0.2) is 12.6 Å². The van der Waals surface area contributed by atoms with Crippen molar-refractivity contribution in [3.63, 3.8) is 0 Å². The number of nitriles is 1. The second kappa shape index (κ2) is 8.20. The highest BCUT2D eigenvalue weighted by atomic mass is 79.9. The van der Waals surface area contributed by atoms with Gasteiger partial charge >= 0.3 is 6.03 Å². The Bertz CT molecular complexity index is 711. The standard InChI is InChI=1S/C17H16BrN3O2/c1-12(15-4-2-3-5-16(15)18)20-17(22)21-13-6-8-14(9-7-13)23-11-10-19/h2-9,12H,11H2,1H3,(H2,20,21,22). The summed E-state index contributed by atoms with van der Waals surface area (Å²) >= 11 is 3.47. The summed E-state index contributed by atoms with van der Waals surface area (Å²) in [5.74, 6) is 0.582. The van der Waals surface area contributed by atoms with Crippen LogP contribution in [0.25, 0.3) is 0 Å². The van der Waals surface area contributed by atoms with Crippen LogP contribution in [0.4, 0.5) is 10.5 Å². The van der Waals surface area contributed by atoms with Crippen molar-refractivity contribution in [2.75, 3.05) is 11.9 Å². The summed E-state index contributed by atoms with van der Waals surface area (Å²) in [7, 11) is 0. The molecule has 23 heavy (non-hydrogen) atoms. The van der Waals surface area contributed by atoms with E-state index in [4.69, 9.17) is 10.00 Å². The Kier molecular flexibility index (Phi) is 6.01. The molecule has 0 aliphatic carbocycles. The first kappa shape index (κ1) is 16.8. The third-order valence-corrected chi connectivity index (χ3v) is 3.86. The molecule has 1 unspecified atom stereocenters. The van der Waals surface area contributed by atoms with Crippen molar-refractivity contribution in [2.24, 2.45) is 0 Å². The van der Waals surface area contributed by atoms with Crippen molar-refractivity contribution < 1.29 is 9.53 Å². The first-order valence-electron chi connectivity index (χ1n) is 7.02. The molecule has 2 rings (SSSR count). The lowest BCUT2D eigenvalue weighted by Gasteiger charge is -2.16. The summed E-state index contributed by atoms with van der Waals surface area (Å²) in [5.41, 5.74) is 1.65. The van der Waals surface area contributed by atoms with Gasteiger partial charge in [0.05, 0.1) is 6.04 Å². The molecule has 0 aliphatic rings. The Hall–Kier alpha value is -2.52. The van der Waals surface area contributed by atoms with Crippen molar-refractivity contribution in [3.8, 4) is 11.8 Å². The molecular weight excluding hydrogens is 358 g/mol. The van der Waals surface area contributed by atoms with Crippen LogP contribution in [0.2, 0.25) is 0 Å². The number of nitrogens with one attached hydrogen (secondary N) is 2. The summed E-state index contributed by atoms with van der Waals surface area (Å²) in [6, 6.07) is 16.0. The first-order valence-corrected chi connectivity index (χ1v) is 7.81. The summed E-state index contributed by atoms with van der Waals surface area (Å²) < 4.78 is 6.11. The molecule has 0 saturated carbocycles. The van der Waals surface area contributed by atoms with Crippen molar-refractivity contribution in [3.05, 3.63) is 58.6 Å². The molecule has 118 valence electrons. The van der Waals surface area contributed by atoms with Crippen LogP contribution < -0.4 is 15.4 Å². The summed E-state index contributed by atoms with van der Waals surface area (Å²) in [6.07, 6.45) is 0. The minimum Gasteiger partial charge on any atom is -0.479 e. The molecule has 5 nitrogen and oxygen atoms in total. The van der Waals surface area contributed by atoms with E-state index in [1.54, 1.807) is 24.3 Å². The van der Waals surface area contributed by atoms with Crippen molar-refractivity contribution in [1.82, 2.24) is 5.32 Å².